The SMILES string of the molecule is COc1ccc(Oc2ccc(C(F)(F)F)cc2NC2=CC(=O)N(CCO)C2=O)cc1. The summed E-state index contributed by atoms with van der Waals surface area (Å²) in [6.45, 7) is -0.662. The van der Waals surface area contributed by atoms with Crippen molar-refractivity contribution >= 4 is 17.5 Å². The first kappa shape index (κ1) is 21.2. The van der Waals surface area contributed by atoms with E-state index in [2.05, 4.69) is 5.32 Å². The topological polar surface area (TPSA) is 88.1 Å². The number of nitrogens with one attached hydrogen (secondary N) is 1. The number of ether oxygens (including phenoxy) is 2. The van der Waals surface area contributed by atoms with Gasteiger partial charge in [-0.15, -0.1) is 0 Å². The lowest BCUT2D eigenvalue weighted by atomic mass is 10.1. The molecule has 2 aromatic rings. The van der Waals surface area contributed by atoms with Gasteiger partial charge in [-0.1, -0.05) is 0 Å². The minimum Gasteiger partial charge on any atom is -0.497 e. The second kappa shape index (κ2) is 8.46. The van der Waals surface area contributed by atoms with Crippen LogP contribution >= 0.6 is 0 Å². The van der Waals surface area contributed by atoms with Crippen LogP contribution in [0.5, 0.6) is 17.2 Å². The van der Waals surface area contributed by atoms with E-state index in [1.165, 1.54) is 7.11 Å². The third-order valence-corrected chi connectivity index (χ3v) is 4.20. The number of carbonyl (C=O) groups is 2. The van der Waals surface area contributed by atoms with Crippen LogP contribution < -0.4 is 14.8 Å². The third-order valence-electron chi connectivity index (χ3n) is 4.20. The summed E-state index contributed by atoms with van der Waals surface area (Å²) in [7, 11) is 1.49. The van der Waals surface area contributed by atoms with Gasteiger partial charge in [-0.2, -0.15) is 13.2 Å². The van der Waals surface area contributed by atoms with Crippen LogP contribution in [-0.4, -0.2) is 42.1 Å². The fourth-order valence-corrected chi connectivity index (χ4v) is 2.72. The Morgan fingerprint density at radius 2 is 1.73 bits per heavy atom. The predicted octanol–water partition coefficient (Wildman–Crippen LogP) is 3.16. The molecule has 0 spiro atoms. The van der Waals surface area contributed by atoms with Crippen molar-refractivity contribution in [1.82, 2.24) is 4.90 Å². The molecule has 1 heterocycles. The molecule has 2 aromatic carbocycles. The molecular formula is C20H17F3N2O5. The standard InChI is InChI=1S/C20H17F3N2O5/c1-29-13-3-5-14(6-4-13)30-17-7-2-12(20(21,22)23)10-15(17)24-16-11-18(27)25(8-9-26)19(16)28/h2-7,10-11,24,26H,8-9H2,1H3. The molecule has 0 fully saturated rings. The minimum atomic E-state index is -4.62. The van der Waals surface area contributed by atoms with Crippen LogP contribution in [-0.2, 0) is 15.8 Å². The van der Waals surface area contributed by atoms with Gasteiger partial charge in [-0.3, -0.25) is 14.5 Å². The molecule has 0 bridgehead atoms. The molecule has 0 aromatic heterocycles. The number of aliphatic hydroxyl groups is 1. The summed E-state index contributed by atoms with van der Waals surface area (Å²) >= 11 is 0. The van der Waals surface area contributed by atoms with Crippen LogP contribution in [0.2, 0.25) is 0 Å². The number of aliphatic hydroxyl groups excluding tert-OH is 1. The molecular weight excluding hydrogens is 405 g/mol. The van der Waals surface area contributed by atoms with Gasteiger partial charge >= 0.3 is 6.18 Å². The molecule has 0 radical (unpaired) electrons. The van der Waals surface area contributed by atoms with Gasteiger partial charge in [0.15, 0.2) is 5.75 Å². The number of methoxy groups -OCH3 is 1. The van der Waals surface area contributed by atoms with Gasteiger partial charge in [0.1, 0.15) is 17.2 Å². The molecule has 0 unspecified atom stereocenters. The Labute approximate surface area is 169 Å². The number of amides is 2. The molecule has 2 N–H and O–H groups in total. The van der Waals surface area contributed by atoms with E-state index in [1.807, 2.05) is 0 Å². The largest absolute Gasteiger partial charge is 0.497 e. The molecule has 158 valence electrons. The Morgan fingerprint density at radius 3 is 2.33 bits per heavy atom. The summed E-state index contributed by atoms with van der Waals surface area (Å²) in [5.41, 5.74) is -1.34. The zero-order valence-electron chi connectivity index (χ0n) is 15.7. The van der Waals surface area contributed by atoms with Gasteiger partial charge in [-0.25, -0.2) is 0 Å². The number of imide groups is 1. The zero-order chi connectivity index (χ0) is 21.9. The van der Waals surface area contributed by atoms with Crippen molar-refractivity contribution in [2.75, 3.05) is 25.6 Å². The summed E-state index contributed by atoms with van der Waals surface area (Å²) < 4.78 is 50.2. The predicted molar refractivity (Wildman–Crippen MR) is 100 cm³/mol. The number of β-amino-alcohol motifs (C(OH)–C–C–N with tert-alkyl or cyclic N) is 1. The summed E-state index contributed by atoms with van der Waals surface area (Å²) in [6, 6.07) is 9.09. The van der Waals surface area contributed by atoms with Crippen molar-refractivity contribution in [3.63, 3.8) is 0 Å². The van der Waals surface area contributed by atoms with E-state index in [0.717, 1.165) is 29.2 Å². The molecule has 3 rings (SSSR count). The number of anilines is 1. The summed E-state index contributed by atoms with van der Waals surface area (Å²) in [6.07, 6.45) is -3.67. The number of halogens is 3. The quantitative estimate of drug-likeness (QED) is 0.667. The van der Waals surface area contributed by atoms with E-state index in [9.17, 15) is 22.8 Å². The molecule has 1 aliphatic rings. The molecule has 0 aliphatic carbocycles. The minimum absolute atomic E-state index is 0.00919. The number of rotatable bonds is 7. The third kappa shape index (κ3) is 4.54. The van der Waals surface area contributed by atoms with Crippen molar-refractivity contribution < 1.29 is 37.3 Å². The smallest absolute Gasteiger partial charge is 0.416 e. The molecule has 0 atom stereocenters. The summed E-state index contributed by atoms with van der Waals surface area (Å²) in [4.78, 5) is 25.0. The number of benzene rings is 2. The Bertz CT molecular complexity index is 987. The monoisotopic (exact) mass is 422 g/mol. The Kier molecular flexibility index (Phi) is 5.97. The van der Waals surface area contributed by atoms with Gasteiger partial charge in [0.05, 0.1) is 31.5 Å². The Hall–Kier alpha value is -3.53. The zero-order valence-corrected chi connectivity index (χ0v) is 15.7. The van der Waals surface area contributed by atoms with E-state index in [4.69, 9.17) is 14.6 Å². The first-order valence-corrected chi connectivity index (χ1v) is 8.71. The molecule has 7 nitrogen and oxygen atoms in total. The molecule has 0 saturated carbocycles. The highest BCUT2D eigenvalue weighted by Crippen LogP contribution is 2.38. The first-order chi connectivity index (χ1) is 14.2. The normalized spacial score (nSPS) is 14.0. The maximum atomic E-state index is 13.2. The fourth-order valence-electron chi connectivity index (χ4n) is 2.72. The average Bonchev–Trinajstić information content (AvgIpc) is 2.97. The molecule has 1 aliphatic heterocycles. The van der Waals surface area contributed by atoms with Crippen LogP contribution in [0.25, 0.3) is 0 Å². The van der Waals surface area contributed by atoms with E-state index >= 15 is 0 Å². The lowest BCUT2D eigenvalue weighted by Gasteiger charge is -2.17. The highest BCUT2D eigenvalue weighted by molar-refractivity contribution is 6.17. The average molecular weight is 422 g/mol. The maximum Gasteiger partial charge on any atom is 0.416 e. The Balaban J connectivity index is 1.93. The van der Waals surface area contributed by atoms with Crippen LogP contribution in [0.4, 0.5) is 18.9 Å². The van der Waals surface area contributed by atoms with Crippen molar-refractivity contribution in [1.29, 1.82) is 0 Å². The highest BCUT2D eigenvalue weighted by atomic mass is 19.4. The molecule has 2 amide bonds. The number of alkyl halides is 3. The van der Waals surface area contributed by atoms with Gasteiger partial charge in [0.25, 0.3) is 11.8 Å². The van der Waals surface area contributed by atoms with E-state index in [1.54, 1.807) is 24.3 Å². The lowest BCUT2D eigenvalue weighted by Crippen LogP contribution is -2.34. The van der Waals surface area contributed by atoms with Crippen molar-refractivity contribution in [3.05, 3.63) is 59.8 Å². The van der Waals surface area contributed by atoms with Crippen LogP contribution in [0, 0.1) is 0 Å². The van der Waals surface area contributed by atoms with Crippen LogP contribution in [0.1, 0.15) is 5.56 Å². The number of nitrogens with zero attached hydrogens (tertiary/aromatic N) is 1. The van der Waals surface area contributed by atoms with E-state index in [-0.39, 0.29) is 23.7 Å². The first-order valence-electron chi connectivity index (χ1n) is 8.71. The van der Waals surface area contributed by atoms with Crippen molar-refractivity contribution in [3.8, 4) is 17.2 Å². The highest BCUT2D eigenvalue weighted by Gasteiger charge is 2.34. The van der Waals surface area contributed by atoms with E-state index in [0.29, 0.717) is 11.5 Å². The molecule has 30 heavy (non-hydrogen) atoms. The van der Waals surface area contributed by atoms with Crippen molar-refractivity contribution in [2.45, 2.75) is 6.18 Å². The van der Waals surface area contributed by atoms with Crippen LogP contribution in [0.15, 0.2) is 54.2 Å². The maximum absolute atomic E-state index is 13.2. The summed E-state index contributed by atoms with van der Waals surface area (Å²) in [5.74, 6) is -0.543. The second-order valence-electron chi connectivity index (χ2n) is 6.19. The molecule has 10 heteroatoms. The second-order valence-corrected chi connectivity index (χ2v) is 6.19. The fraction of sp³-hybridized carbons (Fsp3) is 0.200. The van der Waals surface area contributed by atoms with Gasteiger partial charge in [0, 0.05) is 6.08 Å². The number of hydrogen-bond acceptors (Lipinski definition) is 6. The van der Waals surface area contributed by atoms with Gasteiger partial charge in [-0.05, 0) is 42.5 Å². The van der Waals surface area contributed by atoms with Crippen LogP contribution in [0.3, 0.4) is 0 Å². The lowest BCUT2D eigenvalue weighted by molar-refractivity contribution is -0.138. The molecule has 0 saturated heterocycles. The van der Waals surface area contributed by atoms with Crippen molar-refractivity contribution in [2.24, 2.45) is 0 Å². The van der Waals surface area contributed by atoms with Gasteiger partial charge in [0.2, 0.25) is 0 Å². The summed E-state index contributed by atoms with van der Waals surface area (Å²) in [5, 5.41) is 11.5. The van der Waals surface area contributed by atoms with Gasteiger partial charge < -0.3 is 19.9 Å². The Morgan fingerprint density at radius 1 is 1.07 bits per heavy atom. The number of carbonyl (C=O) groups excluding carboxylic acids is 2. The number of hydrogen-bond donors (Lipinski definition) is 2. The van der Waals surface area contributed by atoms with E-state index < -0.39 is 30.2 Å².